The van der Waals surface area contributed by atoms with Gasteiger partial charge >= 0.3 is 0 Å². The summed E-state index contributed by atoms with van der Waals surface area (Å²) in [4.78, 5) is 6.30. The summed E-state index contributed by atoms with van der Waals surface area (Å²) >= 11 is 0. The average molecular weight is 253 g/mol. The highest BCUT2D eigenvalue weighted by molar-refractivity contribution is 5.09. The van der Waals surface area contributed by atoms with Gasteiger partial charge in [0.15, 0.2) is 0 Å². The van der Waals surface area contributed by atoms with Crippen LogP contribution in [0.1, 0.15) is 38.4 Å². The summed E-state index contributed by atoms with van der Waals surface area (Å²) in [6.07, 6.45) is 3.25. The molecule has 0 radical (unpaired) electrons. The molecule has 18 heavy (non-hydrogen) atoms. The lowest BCUT2D eigenvalue weighted by molar-refractivity contribution is 0.272. The first kappa shape index (κ1) is 15.1. The lowest BCUT2D eigenvalue weighted by Gasteiger charge is -2.22. The minimum absolute atomic E-state index is 0.120. The maximum atomic E-state index is 12.7. The third kappa shape index (κ3) is 5.10. The third-order valence-electron chi connectivity index (χ3n) is 3.27. The number of hydrogen-bond acceptors (Lipinski definition) is 3. The second kappa shape index (κ2) is 7.44. The Morgan fingerprint density at radius 3 is 2.72 bits per heavy atom. The topological polar surface area (TPSA) is 42.1 Å². The molecule has 0 fully saturated rings. The molecule has 0 aliphatic carbocycles. The van der Waals surface area contributed by atoms with Gasteiger partial charge in [0.05, 0.1) is 11.9 Å². The highest BCUT2D eigenvalue weighted by Gasteiger charge is 2.10. The van der Waals surface area contributed by atoms with E-state index < -0.39 is 0 Å². The van der Waals surface area contributed by atoms with E-state index in [9.17, 15) is 4.39 Å². The number of rotatable bonds is 7. The van der Waals surface area contributed by atoms with Crippen LogP contribution in [0.15, 0.2) is 18.3 Å². The van der Waals surface area contributed by atoms with Gasteiger partial charge in [0.1, 0.15) is 5.82 Å². The van der Waals surface area contributed by atoms with Crippen molar-refractivity contribution in [1.82, 2.24) is 9.88 Å². The molecule has 1 heterocycles. The van der Waals surface area contributed by atoms with Crippen LogP contribution >= 0.6 is 0 Å². The van der Waals surface area contributed by atoms with Crippen molar-refractivity contribution in [2.75, 3.05) is 20.1 Å². The lowest BCUT2D eigenvalue weighted by atomic mass is 10.1. The molecule has 1 aromatic heterocycles. The number of hydrogen-bond donors (Lipinski definition) is 1. The van der Waals surface area contributed by atoms with E-state index in [1.54, 1.807) is 6.07 Å². The van der Waals surface area contributed by atoms with Crippen molar-refractivity contribution < 1.29 is 4.39 Å². The van der Waals surface area contributed by atoms with Crippen LogP contribution in [-0.2, 0) is 0 Å². The van der Waals surface area contributed by atoms with Crippen molar-refractivity contribution in [2.24, 2.45) is 11.7 Å². The van der Waals surface area contributed by atoms with Crippen LogP contribution in [0.4, 0.5) is 4.39 Å². The summed E-state index contributed by atoms with van der Waals surface area (Å²) in [7, 11) is 2.11. The van der Waals surface area contributed by atoms with Gasteiger partial charge in [-0.3, -0.25) is 4.98 Å². The maximum absolute atomic E-state index is 12.7. The molecular formula is C14H24FN3. The van der Waals surface area contributed by atoms with Crippen molar-refractivity contribution in [1.29, 1.82) is 0 Å². The first-order chi connectivity index (χ1) is 8.52. The van der Waals surface area contributed by atoms with Gasteiger partial charge in [-0.15, -0.1) is 0 Å². The Labute approximate surface area is 109 Å². The second-order valence-corrected chi connectivity index (χ2v) is 5.07. The van der Waals surface area contributed by atoms with Gasteiger partial charge in [0, 0.05) is 12.6 Å². The summed E-state index contributed by atoms with van der Waals surface area (Å²) in [5.74, 6) is 0.384. The predicted molar refractivity (Wildman–Crippen MR) is 72.7 cm³/mol. The fourth-order valence-corrected chi connectivity index (χ4v) is 1.87. The van der Waals surface area contributed by atoms with Gasteiger partial charge in [-0.25, -0.2) is 4.39 Å². The highest BCUT2D eigenvalue weighted by Crippen LogP contribution is 2.12. The Morgan fingerprint density at radius 2 is 2.17 bits per heavy atom. The largest absolute Gasteiger partial charge is 0.323 e. The van der Waals surface area contributed by atoms with Crippen LogP contribution in [0, 0.1) is 11.7 Å². The zero-order chi connectivity index (χ0) is 13.5. The fraction of sp³-hybridized carbons (Fsp3) is 0.643. The standard InChI is InChI=1S/C14H24FN3/c1-4-11(2)10-18(3)8-7-13(16)14-6-5-12(15)9-17-14/h5-6,9,11,13H,4,7-8,10,16H2,1-3H3. The van der Waals surface area contributed by atoms with Gasteiger partial charge in [-0.05, 0) is 38.1 Å². The minimum atomic E-state index is -0.320. The molecule has 2 unspecified atom stereocenters. The normalized spacial score (nSPS) is 14.8. The Balaban J connectivity index is 2.36. The molecule has 0 saturated carbocycles. The molecule has 4 heteroatoms. The number of halogens is 1. The molecule has 1 aromatic rings. The van der Waals surface area contributed by atoms with E-state index in [4.69, 9.17) is 5.73 Å². The number of aromatic nitrogens is 1. The Morgan fingerprint density at radius 1 is 1.44 bits per heavy atom. The van der Waals surface area contributed by atoms with E-state index >= 15 is 0 Å². The summed E-state index contributed by atoms with van der Waals surface area (Å²) in [5, 5.41) is 0. The predicted octanol–water partition coefficient (Wildman–Crippen LogP) is 2.59. The van der Waals surface area contributed by atoms with E-state index in [0.29, 0.717) is 5.92 Å². The van der Waals surface area contributed by atoms with Gasteiger partial charge < -0.3 is 10.6 Å². The molecule has 1 rings (SSSR count). The van der Waals surface area contributed by atoms with Crippen molar-refractivity contribution >= 4 is 0 Å². The molecule has 0 aliphatic heterocycles. The van der Waals surface area contributed by atoms with Crippen LogP contribution in [0.25, 0.3) is 0 Å². The number of nitrogens with two attached hydrogens (primary N) is 1. The molecule has 0 spiro atoms. The van der Waals surface area contributed by atoms with Gasteiger partial charge in [0.25, 0.3) is 0 Å². The van der Waals surface area contributed by atoms with E-state index in [0.717, 1.165) is 25.2 Å². The summed E-state index contributed by atoms with van der Waals surface area (Å²) in [6, 6.07) is 2.95. The van der Waals surface area contributed by atoms with Gasteiger partial charge in [0.2, 0.25) is 0 Å². The van der Waals surface area contributed by atoms with Gasteiger partial charge in [-0.2, -0.15) is 0 Å². The quantitative estimate of drug-likeness (QED) is 0.812. The van der Waals surface area contributed by atoms with Crippen molar-refractivity contribution in [2.45, 2.75) is 32.7 Å². The van der Waals surface area contributed by atoms with Crippen LogP contribution in [0.5, 0.6) is 0 Å². The van der Waals surface area contributed by atoms with Crippen molar-refractivity contribution in [3.63, 3.8) is 0 Å². The highest BCUT2D eigenvalue weighted by atomic mass is 19.1. The Hall–Kier alpha value is -1.00. The second-order valence-electron chi connectivity index (χ2n) is 5.07. The van der Waals surface area contributed by atoms with Crippen LogP contribution < -0.4 is 5.73 Å². The molecule has 0 saturated heterocycles. The zero-order valence-corrected chi connectivity index (χ0v) is 11.6. The minimum Gasteiger partial charge on any atom is -0.323 e. The molecule has 2 N–H and O–H groups in total. The van der Waals surface area contributed by atoms with E-state index in [2.05, 4.69) is 30.8 Å². The first-order valence-electron chi connectivity index (χ1n) is 6.58. The molecule has 0 aromatic carbocycles. The Bertz CT molecular complexity index is 339. The zero-order valence-electron chi connectivity index (χ0n) is 11.6. The van der Waals surface area contributed by atoms with Crippen molar-refractivity contribution in [3.05, 3.63) is 29.8 Å². The molecule has 0 amide bonds. The molecule has 0 bridgehead atoms. The van der Waals surface area contributed by atoms with Crippen LogP contribution in [0.3, 0.4) is 0 Å². The number of nitrogens with zero attached hydrogens (tertiary/aromatic N) is 2. The van der Waals surface area contributed by atoms with Crippen LogP contribution in [-0.4, -0.2) is 30.0 Å². The Kier molecular flexibility index (Phi) is 6.22. The molecule has 3 nitrogen and oxygen atoms in total. The summed E-state index contributed by atoms with van der Waals surface area (Å²) in [5.41, 5.74) is 6.80. The monoisotopic (exact) mass is 253 g/mol. The maximum Gasteiger partial charge on any atom is 0.141 e. The average Bonchev–Trinajstić information content (AvgIpc) is 2.36. The summed E-state index contributed by atoms with van der Waals surface area (Å²) in [6.45, 7) is 6.47. The molecule has 2 atom stereocenters. The first-order valence-corrected chi connectivity index (χ1v) is 6.58. The van der Waals surface area contributed by atoms with Gasteiger partial charge in [-0.1, -0.05) is 20.3 Å². The van der Waals surface area contributed by atoms with Crippen LogP contribution in [0.2, 0.25) is 0 Å². The summed E-state index contributed by atoms with van der Waals surface area (Å²) < 4.78 is 12.7. The van der Waals surface area contributed by atoms with Crippen molar-refractivity contribution in [3.8, 4) is 0 Å². The molecule has 102 valence electrons. The van der Waals surface area contributed by atoms with E-state index in [-0.39, 0.29) is 11.9 Å². The third-order valence-corrected chi connectivity index (χ3v) is 3.27. The van der Waals surface area contributed by atoms with E-state index in [1.165, 1.54) is 18.7 Å². The lowest BCUT2D eigenvalue weighted by Crippen LogP contribution is -2.28. The SMILES string of the molecule is CCC(C)CN(C)CCC(N)c1ccc(F)cn1. The smallest absolute Gasteiger partial charge is 0.141 e. The molecule has 0 aliphatic rings. The fourth-order valence-electron chi connectivity index (χ4n) is 1.87. The van der Waals surface area contributed by atoms with E-state index in [1.807, 2.05) is 0 Å². The number of pyridine rings is 1. The molecular weight excluding hydrogens is 229 g/mol.